The smallest absolute Gasteiger partial charge is 0.408 e. The molecule has 19 heavy (non-hydrogen) atoms. The minimum atomic E-state index is -0.760. The number of likely N-dealkylation sites (N-methyl/N-ethyl adjacent to an activating group) is 1. The zero-order valence-corrected chi connectivity index (χ0v) is 12.8. The summed E-state index contributed by atoms with van der Waals surface area (Å²) < 4.78 is 5.10. The van der Waals surface area contributed by atoms with Crippen LogP contribution in [0.1, 0.15) is 27.7 Å². The van der Waals surface area contributed by atoms with Gasteiger partial charge >= 0.3 is 6.09 Å². The molecule has 0 bridgehead atoms. The summed E-state index contributed by atoms with van der Waals surface area (Å²) in [6, 6.07) is -0.760. The number of thioether (sulfide) groups is 1. The topological polar surface area (TPSA) is 82.4 Å². The summed E-state index contributed by atoms with van der Waals surface area (Å²) in [5.41, 5.74) is -0.628. The van der Waals surface area contributed by atoms with Gasteiger partial charge in [0.1, 0.15) is 11.6 Å². The molecule has 0 rings (SSSR count). The molecule has 0 fully saturated rings. The Bertz CT molecular complexity index is 360. The lowest BCUT2D eigenvalue weighted by atomic mass is 10.2. The highest BCUT2D eigenvalue weighted by molar-refractivity contribution is 7.98. The molecule has 1 N–H and O–H groups in total. The van der Waals surface area contributed by atoms with Crippen LogP contribution in [0.3, 0.4) is 0 Å². The van der Waals surface area contributed by atoms with E-state index in [0.29, 0.717) is 5.75 Å². The van der Waals surface area contributed by atoms with Crippen molar-refractivity contribution in [1.82, 2.24) is 10.2 Å². The molecule has 1 unspecified atom stereocenters. The number of nitriles is 1. The number of carbonyl (C=O) groups excluding carboxylic acids is 2. The van der Waals surface area contributed by atoms with Crippen molar-refractivity contribution in [2.45, 2.75) is 39.3 Å². The Morgan fingerprint density at radius 3 is 2.42 bits per heavy atom. The first-order chi connectivity index (χ1) is 8.75. The Kier molecular flexibility index (Phi) is 7.30. The normalized spacial score (nSPS) is 12.2. The Morgan fingerprint density at radius 2 is 2.05 bits per heavy atom. The first-order valence-corrected chi connectivity index (χ1v) is 7.34. The molecule has 6 nitrogen and oxygen atoms in total. The maximum atomic E-state index is 12.0. The molecule has 0 aromatic heterocycles. The number of nitrogens with one attached hydrogen (secondary N) is 1. The second kappa shape index (κ2) is 7.89. The third-order valence-electron chi connectivity index (χ3n) is 2.03. The van der Waals surface area contributed by atoms with E-state index < -0.39 is 23.6 Å². The third-order valence-corrected chi connectivity index (χ3v) is 2.69. The molecular weight excluding hydrogens is 266 g/mol. The van der Waals surface area contributed by atoms with Crippen molar-refractivity contribution in [3.05, 3.63) is 0 Å². The predicted octanol–water partition coefficient (Wildman–Crippen LogP) is 1.57. The predicted molar refractivity (Wildman–Crippen MR) is 74.5 cm³/mol. The van der Waals surface area contributed by atoms with E-state index in [-0.39, 0.29) is 6.54 Å². The van der Waals surface area contributed by atoms with Gasteiger partial charge in [-0.15, -0.1) is 0 Å². The summed E-state index contributed by atoms with van der Waals surface area (Å²) in [5.74, 6) is -0.0406. The fourth-order valence-electron chi connectivity index (χ4n) is 1.26. The highest BCUT2D eigenvalue weighted by atomic mass is 32.2. The van der Waals surface area contributed by atoms with Gasteiger partial charge in [-0.2, -0.15) is 17.0 Å². The molecule has 0 spiro atoms. The standard InChI is InChI=1S/C12H21N3O3S/c1-6-15(8-13)10(16)9(7-19-5)14-11(17)18-12(2,3)4/h9H,6-7H2,1-5H3,(H,14,17). The maximum Gasteiger partial charge on any atom is 0.408 e. The van der Waals surface area contributed by atoms with Gasteiger partial charge < -0.3 is 10.1 Å². The van der Waals surface area contributed by atoms with Gasteiger partial charge in [0.15, 0.2) is 6.19 Å². The number of carbonyl (C=O) groups is 2. The van der Waals surface area contributed by atoms with Gasteiger partial charge in [-0.25, -0.2) is 9.69 Å². The summed E-state index contributed by atoms with van der Waals surface area (Å²) in [4.78, 5) is 24.7. The van der Waals surface area contributed by atoms with Crippen molar-refractivity contribution in [2.24, 2.45) is 0 Å². The number of nitrogens with zero attached hydrogens (tertiary/aromatic N) is 2. The van der Waals surface area contributed by atoms with E-state index in [1.165, 1.54) is 11.8 Å². The number of hydrogen-bond donors (Lipinski definition) is 1. The van der Waals surface area contributed by atoms with Crippen LogP contribution in [0.2, 0.25) is 0 Å². The number of alkyl carbamates (subject to hydrolysis) is 1. The Labute approximate surface area is 118 Å². The Hall–Kier alpha value is -1.42. The zero-order valence-electron chi connectivity index (χ0n) is 12.0. The molecule has 0 saturated heterocycles. The molecule has 0 aliphatic heterocycles. The van der Waals surface area contributed by atoms with Gasteiger partial charge in [0.25, 0.3) is 5.91 Å². The van der Waals surface area contributed by atoms with Gasteiger partial charge in [0, 0.05) is 12.3 Å². The van der Waals surface area contributed by atoms with E-state index in [4.69, 9.17) is 10.00 Å². The lowest BCUT2D eigenvalue weighted by Crippen LogP contribution is -2.49. The molecule has 0 heterocycles. The maximum absolute atomic E-state index is 12.0. The number of amides is 2. The van der Waals surface area contributed by atoms with Crippen LogP contribution < -0.4 is 5.32 Å². The summed E-state index contributed by atoms with van der Waals surface area (Å²) in [6.07, 6.45) is 2.96. The molecule has 1 atom stereocenters. The highest BCUT2D eigenvalue weighted by Crippen LogP contribution is 2.08. The minimum absolute atomic E-state index is 0.274. The second-order valence-electron chi connectivity index (χ2n) is 4.84. The van der Waals surface area contributed by atoms with Crippen LogP contribution in [-0.2, 0) is 9.53 Å². The van der Waals surface area contributed by atoms with Gasteiger partial charge in [-0.1, -0.05) is 0 Å². The van der Waals surface area contributed by atoms with Crippen LogP contribution in [0.5, 0.6) is 0 Å². The van der Waals surface area contributed by atoms with Crippen molar-refractivity contribution in [1.29, 1.82) is 5.26 Å². The molecule has 0 aromatic rings. The quantitative estimate of drug-likeness (QED) is 0.613. The summed E-state index contributed by atoms with van der Waals surface area (Å²) in [6.45, 7) is 7.20. The van der Waals surface area contributed by atoms with Crippen LogP contribution in [0.4, 0.5) is 4.79 Å². The van der Waals surface area contributed by atoms with Crippen molar-refractivity contribution < 1.29 is 14.3 Å². The van der Waals surface area contributed by atoms with Gasteiger partial charge in [-0.05, 0) is 34.0 Å². The van der Waals surface area contributed by atoms with E-state index in [9.17, 15) is 9.59 Å². The lowest BCUT2D eigenvalue weighted by Gasteiger charge is -2.24. The van der Waals surface area contributed by atoms with Crippen LogP contribution in [-0.4, -0.2) is 47.1 Å². The van der Waals surface area contributed by atoms with E-state index in [0.717, 1.165) is 4.90 Å². The second-order valence-corrected chi connectivity index (χ2v) is 5.75. The van der Waals surface area contributed by atoms with E-state index in [1.54, 1.807) is 33.9 Å². The van der Waals surface area contributed by atoms with Crippen molar-refractivity contribution >= 4 is 23.8 Å². The van der Waals surface area contributed by atoms with E-state index in [2.05, 4.69) is 5.32 Å². The highest BCUT2D eigenvalue weighted by Gasteiger charge is 2.27. The zero-order chi connectivity index (χ0) is 15.1. The van der Waals surface area contributed by atoms with Gasteiger partial charge in [0.2, 0.25) is 0 Å². The monoisotopic (exact) mass is 287 g/mol. The van der Waals surface area contributed by atoms with Crippen molar-refractivity contribution in [3.8, 4) is 6.19 Å². The Balaban J connectivity index is 4.70. The first-order valence-electron chi connectivity index (χ1n) is 5.94. The molecule has 7 heteroatoms. The molecule has 0 aromatic carbocycles. The molecule has 0 radical (unpaired) electrons. The fraction of sp³-hybridized carbons (Fsp3) is 0.750. The fourth-order valence-corrected chi connectivity index (χ4v) is 1.81. The number of hydrogen-bond acceptors (Lipinski definition) is 5. The Morgan fingerprint density at radius 1 is 1.47 bits per heavy atom. The summed E-state index contributed by atoms with van der Waals surface area (Å²) >= 11 is 1.41. The molecule has 0 saturated carbocycles. The summed E-state index contributed by atoms with van der Waals surface area (Å²) in [5, 5.41) is 11.3. The molecule has 2 amide bonds. The van der Waals surface area contributed by atoms with E-state index >= 15 is 0 Å². The van der Waals surface area contributed by atoms with Crippen LogP contribution in [0, 0.1) is 11.5 Å². The molecule has 0 aliphatic carbocycles. The van der Waals surface area contributed by atoms with Crippen molar-refractivity contribution in [2.75, 3.05) is 18.6 Å². The number of rotatable bonds is 5. The number of ether oxygens (including phenoxy) is 1. The summed E-state index contributed by atoms with van der Waals surface area (Å²) in [7, 11) is 0. The van der Waals surface area contributed by atoms with E-state index in [1.807, 2.05) is 6.26 Å². The molecular formula is C12H21N3O3S. The van der Waals surface area contributed by atoms with Gasteiger partial charge in [0.05, 0.1) is 0 Å². The third kappa shape index (κ3) is 6.91. The SMILES string of the molecule is CCN(C#N)C(=O)C(CSC)NC(=O)OC(C)(C)C. The first kappa shape index (κ1) is 17.6. The van der Waals surface area contributed by atoms with Crippen molar-refractivity contribution in [3.63, 3.8) is 0 Å². The largest absolute Gasteiger partial charge is 0.444 e. The lowest BCUT2D eigenvalue weighted by molar-refractivity contribution is -0.129. The molecule has 108 valence electrons. The van der Waals surface area contributed by atoms with Crippen LogP contribution in [0.25, 0.3) is 0 Å². The van der Waals surface area contributed by atoms with Crippen LogP contribution in [0.15, 0.2) is 0 Å². The average molecular weight is 287 g/mol. The average Bonchev–Trinajstić information content (AvgIpc) is 2.27. The molecule has 0 aliphatic rings. The van der Waals surface area contributed by atoms with Gasteiger partial charge in [-0.3, -0.25) is 4.79 Å². The van der Waals surface area contributed by atoms with Crippen LogP contribution >= 0.6 is 11.8 Å². The minimum Gasteiger partial charge on any atom is -0.444 e.